The minimum Gasteiger partial charge on any atom is -0.367 e. The van der Waals surface area contributed by atoms with Gasteiger partial charge in [-0.1, -0.05) is 18.5 Å². The van der Waals surface area contributed by atoms with Crippen LogP contribution in [0.15, 0.2) is 30.5 Å². The van der Waals surface area contributed by atoms with Crippen molar-refractivity contribution in [1.82, 2.24) is 15.3 Å². The van der Waals surface area contributed by atoms with E-state index in [9.17, 15) is 18.0 Å². The highest BCUT2D eigenvalue weighted by Gasteiger charge is 2.31. The lowest BCUT2D eigenvalue weighted by molar-refractivity contribution is -0.137. The van der Waals surface area contributed by atoms with E-state index in [0.717, 1.165) is 42.4 Å². The smallest absolute Gasteiger partial charge is 0.367 e. The second-order valence-corrected chi connectivity index (χ2v) is 8.33. The number of nitrogens with one attached hydrogen (secondary N) is 3. The van der Waals surface area contributed by atoms with Gasteiger partial charge in [0.1, 0.15) is 5.82 Å². The normalized spacial score (nSPS) is 16.2. The third kappa shape index (κ3) is 4.63. The van der Waals surface area contributed by atoms with Crippen LogP contribution in [0.2, 0.25) is 5.02 Å². The number of aromatic nitrogens is 2. The number of nitrogens with zero attached hydrogens (tertiary/aromatic N) is 1. The molecule has 0 saturated carbocycles. The number of H-pyrrole nitrogens is 1. The molecule has 0 saturated heterocycles. The Morgan fingerprint density at radius 3 is 2.84 bits per heavy atom. The van der Waals surface area contributed by atoms with Gasteiger partial charge in [0.25, 0.3) is 5.91 Å². The van der Waals surface area contributed by atoms with Crippen molar-refractivity contribution in [3.8, 4) is 0 Å². The van der Waals surface area contributed by atoms with Gasteiger partial charge in [-0.25, -0.2) is 4.98 Å². The van der Waals surface area contributed by atoms with Crippen LogP contribution >= 0.6 is 11.6 Å². The van der Waals surface area contributed by atoms with Gasteiger partial charge in [0, 0.05) is 41.4 Å². The number of aryl methyl sites for hydroxylation is 1. The van der Waals surface area contributed by atoms with Gasteiger partial charge in [0.05, 0.1) is 10.6 Å². The molecule has 4 rings (SSSR count). The maximum atomic E-state index is 12.7. The molecule has 0 unspecified atom stereocenters. The molecule has 0 radical (unpaired) electrons. The number of benzene rings is 1. The average molecular weight is 451 g/mol. The van der Waals surface area contributed by atoms with E-state index in [1.165, 1.54) is 11.3 Å². The van der Waals surface area contributed by atoms with Crippen molar-refractivity contribution in [2.75, 3.05) is 18.4 Å². The number of rotatable bonds is 5. The lowest BCUT2D eigenvalue weighted by Crippen LogP contribution is -2.29. The molecule has 164 valence electrons. The van der Waals surface area contributed by atoms with E-state index in [-0.39, 0.29) is 29.8 Å². The highest BCUT2D eigenvalue weighted by molar-refractivity contribution is 6.32. The largest absolute Gasteiger partial charge is 0.417 e. The first-order chi connectivity index (χ1) is 14.7. The third-order valence-electron chi connectivity index (χ3n) is 5.57. The van der Waals surface area contributed by atoms with Crippen molar-refractivity contribution >= 4 is 34.2 Å². The summed E-state index contributed by atoms with van der Waals surface area (Å²) in [7, 11) is 0. The third-order valence-corrected chi connectivity index (χ3v) is 5.86. The van der Waals surface area contributed by atoms with Gasteiger partial charge in [-0.3, -0.25) is 4.79 Å². The fraction of sp³-hybridized carbons (Fsp3) is 0.364. The summed E-state index contributed by atoms with van der Waals surface area (Å²) in [6, 6.07) is 6.45. The topological polar surface area (TPSA) is 69.8 Å². The highest BCUT2D eigenvalue weighted by Crippen LogP contribution is 2.33. The van der Waals surface area contributed by atoms with Crippen LogP contribution in [0.4, 0.5) is 19.0 Å². The summed E-state index contributed by atoms with van der Waals surface area (Å²) in [6.07, 6.45) is -0.580. The van der Waals surface area contributed by atoms with E-state index in [1.807, 2.05) is 12.1 Å². The van der Waals surface area contributed by atoms with Crippen molar-refractivity contribution in [2.45, 2.75) is 32.4 Å². The Labute approximate surface area is 182 Å². The number of pyridine rings is 1. The summed E-state index contributed by atoms with van der Waals surface area (Å²) in [5.74, 6) is 0.549. The van der Waals surface area contributed by atoms with Crippen LogP contribution in [0, 0.1) is 5.92 Å². The van der Waals surface area contributed by atoms with Crippen LogP contribution in [0.3, 0.4) is 0 Å². The molecule has 0 bridgehead atoms. The quantitative estimate of drug-likeness (QED) is 0.468. The fourth-order valence-corrected chi connectivity index (χ4v) is 4.15. The van der Waals surface area contributed by atoms with Gasteiger partial charge in [-0.05, 0) is 55.0 Å². The van der Waals surface area contributed by atoms with Gasteiger partial charge in [-0.15, -0.1) is 0 Å². The minimum atomic E-state index is -4.50. The number of carbonyl (C=O) groups is 1. The molecule has 2 aromatic heterocycles. The maximum Gasteiger partial charge on any atom is 0.417 e. The number of anilines is 1. The Bertz CT molecular complexity index is 1130. The summed E-state index contributed by atoms with van der Waals surface area (Å²) in [5.41, 5.74) is 3.26. The Hall–Kier alpha value is -2.74. The molecule has 9 heteroatoms. The zero-order valence-electron chi connectivity index (χ0n) is 16.9. The SMILES string of the molecule is C[C@@H]1CCc2[nH]c3ccc(C(=O)NCCNc4ncc(C(F)(F)F)cc4Cl)cc3c2C1. The molecular formula is C22H22ClF3N4O. The Balaban J connectivity index is 1.36. The Morgan fingerprint density at radius 1 is 1.29 bits per heavy atom. The highest BCUT2D eigenvalue weighted by atomic mass is 35.5. The lowest BCUT2D eigenvalue weighted by Gasteiger charge is -2.18. The molecule has 3 N–H and O–H groups in total. The van der Waals surface area contributed by atoms with Crippen LogP contribution in [0.25, 0.3) is 10.9 Å². The molecule has 31 heavy (non-hydrogen) atoms. The molecule has 2 heterocycles. The second-order valence-electron chi connectivity index (χ2n) is 7.93. The molecule has 1 atom stereocenters. The van der Waals surface area contributed by atoms with Crippen molar-refractivity contribution in [1.29, 1.82) is 0 Å². The van der Waals surface area contributed by atoms with Gasteiger partial charge >= 0.3 is 6.18 Å². The van der Waals surface area contributed by atoms with E-state index >= 15 is 0 Å². The second kappa shape index (κ2) is 8.42. The van der Waals surface area contributed by atoms with Crippen molar-refractivity contribution in [3.05, 3.63) is 57.9 Å². The van der Waals surface area contributed by atoms with E-state index < -0.39 is 11.7 Å². The first-order valence-corrected chi connectivity index (χ1v) is 10.5. The molecule has 0 spiro atoms. The summed E-state index contributed by atoms with van der Waals surface area (Å²) < 4.78 is 38.0. The standard InChI is InChI=1S/C22H22ClF3N4O/c1-12-2-4-18-15(8-12)16-9-13(3-5-19(16)30-18)21(31)28-7-6-27-20-17(23)10-14(11-29-20)22(24,25)26/h3,5,9-12,30H,2,4,6-8H2,1H3,(H,27,29)(H,28,31)/t12-/m1/s1. The first-order valence-electron chi connectivity index (χ1n) is 10.1. The zero-order valence-corrected chi connectivity index (χ0v) is 17.6. The number of halogens is 4. The number of amides is 1. The van der Waals surface area contributed by atoms with Crippen molar-refractivity contribution < 1.29 is 18.0 Å². The molecule has 5 nitrogen and oxygen atoms in total. The molecule has 0 fully saturated rings. The van der Waals surface area contributed by atoms with Gasteiger partial charge in [0.2, 0.25) is 0 Å². The molecule has 1 amide bonds. The minimum absolute atomic E-state index is 0.127. The summed E-state index contributed by atoms with van der Waals surface area (Å²) in [5, 5.41) is 6.61. The lowest BCUT2D eigenvalue weighted by atomic mass is 9.87. The molecule has 3 aromatic rings. The van der Waals surface area contributed by atoms with Crippen LogP contribution in [0.1, 0.15) is 40.5 Å². The maximum absolute atomic E-state index is 12.7. The number of alkyl halides is 3. The van der Waals surface area contributed by atoms with E-state index in [1.54, 1.807) is 6.07 Å². The molecule has 1 aromatic carbocycles. The Kier molecular flexibility index (Phi) is 5.83. The molecule has 1 aliphatic rings. The number of carbonyl (C=O) groups excluding carboxylic acids is 1. The van der Waals surface area contributed by atoms with E-state index in [4.69, 9.17) is 11.6 Å². The summed E-state index contributed by atoms with van der Waals surface area (Å²) in [6.45, 7) is 2.77. The molecule has 0 aliphatic heterocycles. The molecular weight excluding hydrogens is 429 g/mol. The zero-order chi connectivity index (χ0) is 22.2. The van der Waals surface area contributed by atoms with Gasteiger partial charge < -0.3 is 15.6 Å². The molecule has 1 aliphatic carbocycles. The predicted octanol–water partition coefficient (Wildman–Crippen LogP) is 5.20. The van der Waals surface area contributed by atoms with Crippen LogP contribution < -0.4 is 10.6 Å². The number of fused-ring (bicyclic) bond motifs is 3. The van der Waals surface area contributed by atoms with Gasteiger partial charge in [0.15, 0.2) is 0 Å². The fourth-order valence-electron chi connectivity index (χ4n) is 3.91. The summed E-state index contributed by atoms with van der Waals surface area (Å²) >= 11 is 5.87. The number of hydrogen-bond donors (Lipinski definition) is 3. The van der Waals surface area contributed by atoms with Crippen molar-refractivity contribution in [3.63, 3.8) is 0 Å². The monoisotopic (exact) mass is 450 g/mol. The Morgan fingerprint density at radius 2 is 2.10 bits per heavy atom. The van der Waals surface area contributed by atoms with Crippen molar-refractivity contribution in [2.24, 2.45) is 5.92 Å². The average Bonchev–Trinajstić information content (AvgIpc) is 3.08. The number of hydrogen-bond acceptors (Lipinski definition) is 3. The van der Waals surface area contributed by atoms with Crippen LogP contribution in [0.5, 0.6) is 0 Å². The number of aromatic amines is 1. The van der Waals surface area contributed by atoms with E-state index in [0.29, 0.717) is 11.5 Å². The van der Waals surface area contributed by atoms with Crippen LogP contribution in [-0.4, -0.2) is 29.0 Å². The van der Waals surface area contributed by atoms with Gasteiger partial charge in [-0.2, -0.15) is 13.2 Å². The van der Waals surface area contributed by atoms with E-state index in [2.05, 4.69) is 27.5 Å². The summed E-state index contributed by atoms with van der Waals surface area (Å²) in [4.78, 5) is 19.7. The van der Waals surface area contributed by atoms with Crippen LogP contribution in [-0.2, 0) is 19.0 Å². The first kappa shape index (κ1) is 21.5. The predicted molar refractivity (Wildman–Crippen MR) is 115 cm³/mol.